The first-order chi connectivity index (χ1) is 52.4. The topological polar surface area (TPSA) is 170 Å². The zero-order valence-electron chi connectivity index (χ0n) is 72.2. The van der Waals surface area contributed by atoms with Crippen LogP contribution in [0.2, 0.25) is 0 Å². The SMILES string of the molecule is CCCCCCCCCCCC(=O)OCCCCCN(CCCCCCCC(=O)OC(CCCCCCCC)CCCCCCCC)CCNC(=O)CC(C)C(=O)NCCN(CCCCCCCC(=O)OC(CCCCCCCC)CCCCCCCC)CCCCCOC(=O)CCCCCCCCCCC. The van der Waals surface area contributed by atoms with Crippen LogP contribution in [0.1, 0.15) is 479 Å². The zero-order valence-corrected chi connectivity index (χ0v) is 72.2. The van der Waals surface area contributed by atoms with E-state index in [1.807, 2.05) is 6.92 Å². The van der Waals surface area contributed by atoms with E-state index in [0.29, 0.717) is 52.0 Å². The first kappa shape index (κ1) is 104. The Morgan fingerprint density at radius 1 is 0.262 bits per heavy atom. The van der Waals surface area contributed by atoms with E-state index in [1.165, 1.54) is 218 Å². The van der Waals surface area contributed by atoms with Crippen LogP contribution < -0.4 is 10.6 Å². The molecule has 2 N–H and O–H groups in total. The second-order valence-corrected chi connectivity index (χ2v) is 32.6. The molecule has 0 aliphatic heterocycles. The third-order valence-electron chi connectivity index (χ3n) is 22.0. The summed E-state index contributed by atoms with van der Waals surface area (Å²) in [4.78, 5) is 83.2. The normalized spacial score (nSPS) is 11.9. The number of amides is 2. The van der Waals surface area contributed by atoms with Crippen molar-refractivity contribution in [2.24, 2.45) is 5.92 Å². The molecule has 14 nitrogen and oxygen atoms in total. The maximum atomic E-state index is 13.6. The van der Waals surface area contributed by atoms with Crippen molar-refractivity contribution in [3.63, 3.8) is 0 Å². The molecule has 107 heavy (non-hydrogen) atoms. The smallest absolute Gasteiger partial charge is 0.306 e. The van der Waals surface area contributed by atoms with Crippen LogP contribution in [0.4, 0.5) is 0 Å². The van der Waals surface area contributed by atoms with Crippen LogP contribution in [0, 0.1) is 5.92 Å². The van der Waals surface area contributed by atoms with Crippen LogP contribution in [0.3, 0.4) is 0 Å². The Morgan fingerprint density at radius 3 is 0.785 bits per heavy atom. The maximum Gasteiger partial charge on any atom is 0.306 e. The van der Waals surface area contributed by atoms with Crippen molar-refractivity contribution >= 4 is 35.7 Å². The van der Waals surface area contributed by atoms with Gasteiger partial charge in [-0.15, -0.1) is 0 Å². The molecule has 0 aliphatic rings. The van der Waals surface area contributed by atoms with E-state index < -0.39 is 5.92 Å². The van der Waals surface area contributed by atoms with Gasteiger partial charge >= 0.3 is 23.9 Å². The Kier molecular flexibility index (Phi) is 81.1. The molecule has 0 aromatic rings. The largest absolute Gasteiger partial charge is 0.466 e. The van der Waals surface area contributed by atoms with Crippen LogP contribution in [0.5, 0.6) is 0 Å². The maximum absolute atomic E-state index is 13.6. The van der Waals surface area contributed by atoms with Gasteiger partial charge in [-0.3, -0.25) is 28.8 Å². The molecule has 0 rings (SSSR count). The van der Waals surface area contributed by atoms with Crippen LogP contribution in [-0.2, 0) is 47.7 Å². The van der Waals surface area contributed by atoms with E-state index in [9.17, 15) is 28.8 Å². The average molecular weight is 1510 g/mol. The lowest BCUT2D eigenvalue weighted by Crippen LogP contribution is -2.40. The predicted octanol–water partition coefficient (Wildman–Crippen LogP) is 25.6. The van der Waals surface area contributed by atoms with Crippen LogP contribution in [-0.4, -0.2) is 123 Å². The van der Waals surface area contributed by atoms with Crippen molar-refractivity contribution in [3.8, 4) is 0 Å². The summed E-state index contributed by atoms with van der Waals surface area (Å²) in [5, 5.41) is 6.31. The molecule has 0 aliphatic carbocycles. The molecule has 632 valence electrons. The first-order valence-electron chi connectivity index (χ1n) is 47.1. The quantitative estimate of drug-likeness (QED) is 0.0336. The highest BCUT2D eigenvalue weighted by molar-refractivity contribution is 5.85. The van der Waals surface area contributed by atoms with Gasteiger partial charge in [0.2, 0.25) is 11.8 Å². The number of hydrogen-bond donors (Lipinski definition) is 2. The van der Waals surface area contributed by atoms with Gasteiger partial charge in [0, 0.05) is 64.2 Å². The van der Waals surface area contributed by atoms with Crippen molar-refractivity contribution in [1.82, 2.24) is 20.4 Å². The zero-order chi connectivity index (χ0) is 78.0. The second-order valence-electron chi connectivity index (χ2n) is 32.6. The first-order valence-corrected chi connectivity index (χ1v) is 47.1. The molecular formula is C93H180N4O10. The van der Waals surface area contributed by atoms with Crippen molar-refractivity contribution < 1.29 is 47.7 Å². The van der Waals surface area contributed by atoms with E-state index >= 15 is 0 Å². The lowest BCUT2D eigenvalue weighted by molar-refractivity contribution is -0.151. The molecule has 14 heteroatoms. The van der Waals surface area contributed by atoms with Gasteiger partial charge in [0.15, 0.2) is 0 Å². The molecule has 0 fully saturated rings. The van der Waals surface area contributed by atoms with Gasteiger partial charge in [-0.2, -0.15) is 0 Å². The molecule has 0 saturated carbocycles. The van der Waals surface area contributed by atoms with Crippen LogP contribution in [0.25, 0.3) is 0 Å². The number of carbonyl (C=O) groups is 6. The number of nitrogens with one attached hydrogen (secondary N) is 2. The molecule has 0 heterocycles. The van der Waals surface area contributed by atoms with Crippen molar-refractivity contribution in [2.75, 3.05) is 65.6 Å². The highest BCUT2D eigenvalue weighted by Gasteiger charge is 2.20. The second kappa shape index (κ2) is 83.7. The van der Waals surface area contributed by atoms with E-state index in [0.717, 1.165) is 219 Å². The fourth-order valence-electron chi connectivity index (χ4n) is 14.8. The Labute approximate surface area is 662 Å². The lowest BCUT2D eigenvalue weighted by Gasteiger charge is -2.23. The van der Waals surface area contributed by atoms with Crippen molar-refractivity contribution in [2.45, 2.75) is 491 Å². The van der Waals surface area contributed by atoms with Crippen molar-refractivity contribution in [3.05, 3.63) is 0 Å². The standard InChI is InChI=1S/C93H180N4O10/c1-8-14-20-26-32-34-36-44-56-70-89(99)104-82-64-50-62-78-96(76-60-48-38-46-58-72-91(101)106-86(66-52-40-28-22-16-10-3)67-53-41-29-23-17-11-4)80-74-94-88(98)84-85(7)93(103)95-75-81-97(79-63-51-65-83-105-90(100)71-57-45-37-35-33-27-21-15-9-2)77-61-49-39-47-59-73-92(102)107-87(68-54-42-30-24-18-12-5)69-55-43-31-25-19-13-6/h85-87H,8-84H2,1-7H3,(H,94,98)(H,95,103). The molecular weight excluding hydrogens is 1330 g/mol. The number of rotatable bonds is 87. The van der Waals surface area contributed by atoms with Gasteiger partial charge < -0.3 is 39.4 Å². The number of nitrogens with zero attached hydrogens (tertiary/aromatic N) is 2. The Balaban J connectivity index is 5.45. The van der Waals surface area contributed by atoms with E-state index in [4.69, 9.17) is 18.9 Å². The summed E-state index contributed by atoms with van der Waals surface area (Å²) in [6.07, 6.45) is 73.9. The summed E-state index contributed by atoms with van der Waals surface area (Å²) >= 11 is 0. The predicted molar refractivity (Wildman–Crippen MR) is 453 cm³/mol. The Bertz CT molecular complexity index is 1910. The average Bonchev–Trinajstić information content (AvgIpc) is 1.06. The van der Waals surface area contributed by atoms with Crippen LogP contribution >= 0.6 is 0 Å². The minimum atomic E-state index is -0.468. The summed E-state index contributed by atoms with van der Waals surface area (Å²) in [5.41, 5.74) is 0. The summed E-state index contributed by atoms with van der Waals surface area (Å²) < 4.78 is 23.6. The molecule has 0 bridgehead atoms. The van der Waals surface area contributed by atoms with Gasteiger partial charge in [0.1, 0.15) is 12.2 Å². The summed E-state index contributed by atoms with van der Waals surface area (Å²) in [7, 11) is 0. The molecule has 0 aromatic heterocycles. The van der Waals surface area contributed by atoms with Gasteiger partial charge in [-0.05, 0) is 155 Å². The molecule has 1 atom stereocenters. The molecule has 0 aromatic carbocycles. The van der Waals surface area contributed by atoms with Crippen LogP contribution in [0.15, 0.2) is 0 Å². The lowest BCUT2D eigenvalue weighted by atomic mass is 10.0. The molecule has 0 radical (unpaired) electrons. The summed E-state index contributed by atoms with van der Waals surface area (Å²) in [6, 6.07) is 0. The van der Waals surface area contributed by atoms with Gasteiger partial charge in [0.05, 0.1) is 13.2 Å². The Morgan fingerprint density at radius 2 is 0.495 bits per heavy atom. The fraction of sp³-hybridized carbons (Fsp3) is 0.935. The summed E-state index contributed by atoms with van der Waals surface area (Å²) in [6.45, 7) is 22.4. The molecule has 2 amide bonds. The number of unbranched alkanes of at least 4 members (excludes halogenated alkanes) is 48. The van der Waals surface area contributed by atoms with Crippen molar-refractivity contribution in [1.29, 1.82) is 0 Å². The molecule has 0 spiro atoms. The molecule has 1 unspecified atom stereocenters. The fourth-order valence-corrected chi connectivity index (χ4v) is 14.8. The van der Waals surface area contributed by atoms with Gasteiger partial charge in [-0.25, -0.2) is 0 Å². The minimum absolute atomic E-state index is 0.0252. The number of ether oxygens (including phenoxy) is 4. The molecule has 0 saturated heterocycles. The monoisotopic (exact) mass is 1510 g/mol. The van der Waals surface area contributed by atoms with Gasteiger partial charge in [-0.1, -0.05) is 318 Å². The Hall–Kier alpha value is -3.26. The number of hydrogen-bond acceptors (Lipinski definition) is 12. The minimum Gasteiger partial charge on any atom is -0.466 e. The highest BCUT2D eigenvalue weighted by atomic mass is 16.6. The van der Waals surface area contributed by atoms with Gasteiger partial charge in [0.25, 0.3) is 0 Å². The van der Waals surface area contributed by atoms with E-state index in [2.05, 4.69) is 62.0 Å². The van der Waals surface area contributed by atoms with E-state index in [1.54, 1.807) is 0 Å². The third kappa shape index (κ3) is 76.5. The number of esters is 4. The summed E-state index contributed by atoms with van der Waals surface area (Å²) in [5.74, 6) is -0.895. The number of carbonyl (C=O) groups excluding carboxylic acids is 6. The highest BCUT2D eigenvalue weighted by Crippen LogP contribution is 2.22. The third-order valence-corrected chi connectivity index (χ3v) is 22.0. The van der Waals surface area contributed by atoms with E-state index in [-0.39, 0.29) is 54.3 Å².